The molecule has 1 aliphatic rings. The molecular formula is C37H63N3O9. The lowest BCUT2D eigenvalue weighted by atomic mass is 9.80. The van der Waals surface area contributed by atoms with E-state index in [1.54, 1.807) is 39.9 Å². The molecule has 0 unspecified atom stereocenters. The third-order valence-electron chi connectivity index (χ3n) is 8.78. The van der Waals surface area contributed by atoms with Crippen LogP contribution in [0.4, 0.5) is 4.79 Å². The van der Waals surface area contributed by atoms with Crippen molar-refractivity contribution < 1.29 is 43.2 Å². The van der Waals surface area contributed by atoms with Gasteiger partial charge in [0.05, 0.1) is 39.1 Å². The fraction of sp³-hybridized carbons (Fsp3) is 0.757. The molecule has 1 aromatic rings. The van der Waals surface area contributed by atoms with E-state index in [0.717, 1.165) is 12.0 Å². The zero-order chi connectivity index (χ0) is 36.6. The van der Waals surface area contributed by atoms with Gasteiger partial charge in [0, 0.05) is 52.1 Å². The third-order valence-corrected chi connectivity index (χ3v) is 8.78. The van der Waals surface area contributed by atoms with Crippen LogP contribution >= 0.6 is 0 Å². The van der Waals surface area contributed by atoms with Crippen LogP contribution in [0.2, 0.25) is 0 Å². The van der Waals surface area contributed by atoms with Gasteiger partial charge >= 0.3 is 6.09 Å². The molecule has 49 heavy (non-hydrogen) atoms. The highest BCUT2D eigenvalue weighted by molar-refractivity contribution is 5.80. The van der Waals surface area contributed by atoms with Crippen molar-refractivity contribution in [2.45, 2.75) is 98.3 Å². The van der Waals surface area contributed by atoms with Gasteiger partial charge < -0.3 is 44.3 Å². The van der Waals surface area contributed by atoms with Crippen molar-refractivity contribution in [3.05, 3.63) is 23.8 Å². The van der Waals surface area contributed by atoms with Crippen LogP contribution in [0.25, 0.3) is 0 Å². The monoisotopic (exact) mass is 693 g/mol. The molecule has 2 rings (SSSR count). The summed E-state index contributed by atoms with van der Waals surface area (Å²) >= 11 is 0. The van der Waals surface area contributed by atoms with E-state index in [4.69, 9.17) is 23.7 Å². The molecule has 0 aliphatic carbocycles. The van der Waals surface area contributed by atoms with E-state index < -0.39 is 29.8 Å². The molecule has 1 aromatic carbocycles. The van der Waals surface area contributed by atoms with E-state index >= 15 is 0 Å². The molecule has 0 saturated carbocycles. The lowest BCUT2D eigenvalue weighted by Gasteiger charge is -2.33. The molecule has 3 amide bonds. The Bertz CT molecular complexity index is 1150. The topological polar surface area (TPSA) is 145 Å². The van der Waals surface area contributed by atoms with Crippen molar-refractivity contribution in [1.29, 1.82) is 0 Å². The number of nitrogens with one attached hydrogen (secondary N) is 2. The Morgan fingerprint density at radius 2 is 1.67 bits per heavy atom. The molecule has 1 fully saturated rings. The lowest BCUT2D eigenvalue weighted by Crippen LogP contribution is -2.49. The Morgan fingerprint density at radius 1 is 0.980 bits per heavy atom. The predicted molar refractivity (Wildman–Crippen MR) is 189 cm³/mol. The van der Waals surface area contributed by atoms with Crippen LogP contribution in [0.15, 0.2) is 18.2 Å². The van der Waals surface area contributed by atoms with Crippen LogP contribution < -0.4 is 20.1 Å². The molecule has 0 spiro atoms. The summed E-state index contributed by atoms with van der Waals surface area (Å²) < 4.78 is 27.6. The Morgan fingerprint density at radius 3 is 2.27 bits per heavy atom. The van der Waals surface area contributed by atoms with Crippen LogP contribution in [0.3, 0.4) is 0 Å². The summed E-state index contributed by atoms with van der Waals surface area (Å²) in [4.78, 5) is 40.7. The van der Waals surface area contributed by atoms with Crippen molar-refractivity contribution in [3.8, 4) is 11.5 Å². The van der Waals surface area contributed by atoms with Crippen LogP contribution in [0.5, 0.6) is 11.5 Å². The Balaban J connectivity index is 2.20. The zero-order valence-electron chi connectivity index (χ0n) is 31.3. The Hall–Kier alpha value is -3.09. The number of hydrogen-bond donors (Lipinski definition) is 3. The van der Waals surface area contributed by atoms with Crippen molar-refractivity contribution >= 4 is 17.9 Å². The average Bonchev–Trinajstić information content (AvgIpc) is 3.04. The van der Waals surface area contributed by atoms with E-state index in [0.29, 0.717) is 63.9 Å². The molecule has 0 aromatic heterocycles. The van der Waals surface area contributed by atoms with Gasteiger partial charge in [-0.2, -0.15) is 0 Å². The summed E-state index contributed by atoms with van der Waals surface area (Å²) in [5.41, 5.74) is 0.316. The number of hydrogen-bond acceptors (Lipinski definition) is 9. The molecule has 0 bridgehead atoms. The highest BCUT2D eigenvalue weighted by atomic mass is 16.6. The standard InChI is InChI=1S/C37H63N3O9/c1-25(2)28(21-27-11-12-32(46-9)33(22-27)48-18-10-17-45-8)23-30(39-36(44)49-37(5,6)7)31(41)24-29(26(3)4)35(43)38-14-13-34(42)40-15-19-47-20-16-40/h11-12,22,25-26,28-31,41H,10,13-21,23-24H2,1-9H3,(H,38,43)(H,39,44)/t28-,29-,30-,31-/m0/s1. The van der Waals surface area contributed by atoms with Gasteiger partial charge in [-0.25, -0.2) is 4.79 Å². The summed E-state index contributed by atoms with van der Waals surface area (Å²) in [6, 6.07) is 5.20. The number of aliphatic hydroxyl groups is 1. The van der Waals surface area contributed by atoms with E-state index in [1.165, 1.54) is 0 Å². The molecule has 12 heteroatoms. The first kappa shape index (κ1) is 42.1. The summed E-state index contributed by atoms with van der Waals surface area (Å²) in [5, 5.41) is 17.5. The fourth-order valence-electron chi connectivity index (χ4n) is 5.84. The van der Waals surface area contributed by atoms with Gasteiger partial charge in [0.15, 0.2) is 11.5 Å². The van der Waals surface area contributed by atoms with Gasteiger partial charge in [-0.15, -0.1) is 0 Å². The Labute approximate surface area is 293 Å². The summed E-state index contributed by atoms with van der Waals surface area (Å²) in [7, 11) is 3.27. The van der Waals surface area contributed by atoms with Crippen molar-refractivity contribution in [3.63, 3.8) is 0 Å². The number of aliphatic hydroxyl groups excluding tert-OH is 1. The molecule has 0 radical (unpaired) electrons. The summed E-state index contributed by atoms with van der Waals surface area (Å²) in [6.45, 7) is 16.9. The first-order valence-corrected chi connectivity index (χ1v) is 17.7. The SMILES string of the molecule is COCCCOc1cc(C[C@@H](C[C@H](NC(=O)OC(C)(C)C)[C@@H](O)C[C@H](C(=O)NCCC(=O)N2CCOCC2)C(C)C)C(C)C)ccc1OC. The van der Waals surface area contributed by atoms with E-state index in [9.17, 15) is 19.5 Å². The number of ether oxygens (including phenoxy) is 5. The number of carbonyl (C=O) groups is 3. The smallest absolute Gasteiger partial charge is 0.407 e. The largest absolute Gasteiger partial charge is 0.493 e. The molecule has 12 nitrogen and oxygen atoms in total. The zero-order valence-corrected chi connectivity index (χ0v) is 31.3. The van der Waals surface area contributed by atoms with Crippen molar-refractivity contribution in [2.24, 2.45) is 23.7 Å². The maximum Gasteiger partial charge on any atom is 0.407 e. The highest BCUT2D eigenvalue weighted by Crippen LogP contribution is 2.32. The lowest BCUT2D eigenvalue weighted by molar-refractivity contribution is -0.135. The van der Waals surface area contributed by atoms with Gasteiger partial charge in [-0.1, -0.05) is 33.8 Å². The molecule has 4 atom stereocenters. The second-order valence-electron chi connectivity index (χ2n) is 14.6. The van der Waals surface area contributed by atoms with E-state index in [1.807, 2.05) is 32.0 Å². The minimum Gasteiger partial charge on any atom is -0.493 e. The first-order chi connectivity index (χ1) is 23.1. The minimum absolute atomic E-state index is 0.0206. The summed E-state index contributed by atoms with van der Waals surface area (Å²) in [6.07, 6.45) is 0.545. The highest BCUT2D eigenvalue weighted by Gasteiger charge is 2.33. The van der Waals surface area contributed by atoms with Crippen LogP contribution in [0.1, 0.15) is 79.7 Å². The molecule has 1 saturated heterocycles. The number of morpholine rings is 1. The van der Waals surface area contributed by atoms with Crippen LogP contribution in [-0.4, -0.2) is 106 Å². The molecule has 1 heterocycles. The molecule has 280 valence electrons. The molecule has 3 N–H and O–H groups in total. The number of nitrogens with zero attached hydrogens (tertiary/aromatic N) is 1. The third kappa shape index (κ3) is 15.6. The number of methoxy groups -OCH3 is 2. The predicted octanol–water partition coefficient (Wildman–Crippen LogP) is 4.60. The van der Waals surface area contributed by atoms with Gasteiger partial charge in [-0.3, -0.25) is 9.59 Å². The quantitative estimate of drug-likeness (QED) is 0.167. The van der Waals surface area contributed by atoms with Crippen LogP contribution in [0, 0.1) is 23.7 Å². The number of rotatable bonds is 20. The van der Waals surface area contributed by atoms with Gasteiger partial charge in [0.2, 0.25) is 11.8 Å². The van der Waals surface area contributed by atoms with Crippen molar-refractivity contribution in [1.82, 2.24) is 15.5 Å². The van der Waals surface area contributed by atoms with E-state index in [-0.39, 0.29) is 49.0 Å². The van der Waals surface area contributed by atoms with Gasteiger partial charge in [0.1, 0.15) is 5.60 Å². The number of carbonyl (C=O) groups excluding carboxylic acids is 3. The molecular weight excluding hydrogens is 630 g/mol. The van der Waals surface area contributed by atoms with E-state index in [2.05, 4.69) is 24.5 Å². The second kappa shape index (κ2) is 21.2. The van der Waals surface area contributed by atoms with Gasteiger partial charge in [0.25, 0.3) is 0 Å². The number of benzene rings is 1. The van der Waals surface area contributed by atoms with Gasteiger partial charge in [-0.05, 0) is 75.5 Å². The summed E-state index contributed by atoms with van der Waals surface area (Å²) in [5.74, 6) is 0.690. The number of alkyl carbamates (subject to hydrolysis) is 1. The first-order valence-electron chi connectivity index (χ1n) is 17.7. The fourth-order valence-corrected chi connectivity index (χ4v) is 5.84. The molecule has 1 aliphatic heterocycles. The normalized spacial score (nSPS) is 16.1. The minimum atomic E-state index is -1.03. The van der Waals surface area contributed by atoms with Crippen LogP contribution in [-0.2, 0) is 30.2 Å². The maximum absolute atomic E-state index is 13.4. The maximum atomic E-state index is 13.4. The Kier molecular flexibility index (Phi) is 18.2. The number of amides is 3. The second-order valence-corrected chi connectivity index (χ2v) is 14.6. The average molecular weight is 694 g/mol. The van der Waals surface area contributed by atoms with Crippen molar-refractivity contribution in [2.75, 3.05) is 60.3 Å².